The standard InChI is InChI=1S/C13H25N3O3S/c1-2-10-20(18,19)16-8-6-15(7-9-16)13(17)11-4-3-5-12(11)14/h11-12H,2-10,14H2,1H3. The minimum atomic E-state index is -3.14. The Morgan fingerprint density at radius 3 is 2.35 bits per heavy atom. The topological polar surface area (TPSA) is 83.7 Å². The van der Waals surface area contributed by atoms with E-state index < -0.39 is 10.0 Å². The van der Waals surface area contributed by atoms with Gasteiger partial charge in [0.15, 0.2) is 0 Å². The van der Waals surface area contributed by atoms with Crippen LogP contribution < -0.4 is 5.73 Å². The summed E-state index contributed by atoms with van der Waals surface area (Å²) in [6.45, 7) is 3.67. The van der Waals surface area contributed by atoms with Crippen LogP contribution in [0, 0.1) is 5.92 Å². The number of rotatable bonds is 4. The van der Waals surface area contributed by atoms with Gasteiger partial charge in [-0.15, -0.1) is 0 Å². The molecule has 1 saturated carbocycles. The molecule has 0 aromatic carbocycles. The van der Waals surface area contributed by atoms with E-state index in [2.05, 4.69) is 0 Å². The van der Waals surface area contributed by atoms with Gasteiger partial charge < -0.3 is 10.6 Å². The molecule has 2 N–H and O–H groups in total. The van der Waals surface area contributed by atoms with Crippen LogP contribution in [0.25, 0.3) is 0 Å². The fraction of sp³-hybridized carbons (Fsp3) is 0.923. The van der Waals surface area contributed by atoms with Crippen molar-refractivity contribution < 1.29 is 13.2 Å². The van der Waals surface area contributed by atoms with Crippen molar-refractivity contribution in [1.82, 2.24) is 9.21 Å². The van der Waals surface area contributed by atoms with E-state index in [4.69, 9.17) is 5.73 Å². The molecule has 0 radical (unpaired) electrons. The van der Waals surface area contributed by atoms with Crippen LogP contribution in [-0.2, 0) is 14.8 Å². The molecule has 1 aliphatic heterocycles. The number of carbonyl (C=O) groups is 1. The summed E-state index contributed by atoms with van der Waals surface area (Å²) in [5.41, 5.74) is 5.97. The maximum absolute atomic E-state index is 12.4. The van der Waals surface area contributed by atoms with Crippen molar-refractivity contribution in [2.75, 3.05) is 31.9 Å². The third kappa shape index (κ3) is 3.32. The fourth-order valence-corrected chi connectivity index (χ4v) is 4.60. The maximum atomic E-state index is 12.4. The van der Waals surface area contributed by atoms with E-state index in [1.54, 1.807) is 4.90 Å². The van der Waals surface area contributed by atoms with Crippen LogP contribution in [0.2, 0.25) is 0 Å². The first kappa shape index (κ1) is 15.7. The molecule has 1 saturated heterocycles. The van der Waals surface area contributed by atoms with Gasteiger partial charge in [-0.2, -0.15) is 4.31 Å². The number of nitrogens with two attached hydrogens (primary N) is 1. The summed E-state index contributed by atoms with van der Waals surface area (Å²) in [7, 11) is -3.14. The van der Waals surface area contributed by atoms with E-state index in [-0.39, 0.29) is 23.6 Å². The molecule has 7 heteroatoms. The van der Waals surface area contributed by atoms with Crippen LogP contribution in [0.5, 0.6) is 0 Å². The van der Waals surface area contributed by atoms with Crippen molar-refractivity contribution in [2.45, 2.75) is 38.6 Å². The van der Waals surface area contributed by atoms with E-state index in [0.717, 1.165) is 19.3 Å². The lowest BCUT2D eigenvalue weighted by Gasteiger charge is -2.35. The zero-order valence-corrected chi connectivity index (χ0v) is 12.9. The molecular weight excluding hydrogens is 278 g/mol. The minimum Gasteiger partial charge on any atom is -0.340 e. The molecule has 2 aliphatic rings. The average molecular weight is 303 g/mol. The SMILES string of the molecule is CCCS(=O)(=O)N1CCN(C(=O)C2CCCC2N)CC1. The first-order valence-electron chi connectivity index (χ1n) is 7.48. The Kier molecular flexibility index (Phi) is 5.04. The monoisotopic (exact) mass is 303 g/mol. The molecule has 2 fully saturated rings. The van der Waals surface area contributed by atoms with E-state index in [1.165, 1.54) is 4.31 Å². The molecule has 1 heterocycles. The third-order valence-electron chi connectivity index (χ3n) is 4.29. The van der Waals surface area contributed by atoms with Gasteiger partial charge in [0, 0.05) is 32.2 Å². The Bertz CT molecular complexity index is 444. The predicted molar refractivity (Wildman–Crippen MR) is 77.5 cm³/mol. The van der Waals surface area contributed by atoms with Crippen molar-refractivity contribution in [1.29, 1.82) is 0 Å². The van der Waals surface area contributed by atoms with Crippen LogP contribution in [0.1, 0.15) is 32.6 Å². The van der Waals surface area contributed by atoms with Crippen molar-refractivity contribution in [2.24, 2.45) is 11.7 Å². The lowest BCUT2D eigenvalue weighted by molar-refractivity contribution is -0.136. The Labute approximate surface area is 121 Å². The third-order valence-corrected chi connectivity index (χ3v) is 6.37. The molecule has 0 bridgehead atoms. The zero-order valence-electron chi connectivity index (χ0n) is 12.1. The van der Waals surface area contributed by atoms with Gasteiger partial charge in [0.1, 0.15) is 0 Å². The van der Waals surface area contributed by atoms with E-state index in [0.29, 0.717) is 32.6 Å². The zero-order chi connectivity index (χ0) is 14.8. The summed E-state index contributed by atoms with van der Waals surface area (Å²) in [5, 5.41) is 0. The minimum absolute atomic E-state index is 0.0237. The van der Waals surface area contributed by atoms with Gasteiger partial charge in [0.2, 0.25) is 15.9 Å². The Morgan fingerprint density at radius 2 is 1.85 bits per heavy atom. The number of hydrogen-bond acceptors (Lipinski definition) is 4. The number of hydrogen-bond donors (Lipinski definition) is 1. The molecule has 2 rings (SSSR count). The van der Waals surface area contributed by atoms with Gasteiger partial charge in [-0.25, -0.2) is 8.42 Å². The van der Waals surface area contributed by atoms with Gasteiger partial charge in [0.05, 0.1) is 11.7 Å². The Morgan fingerprint density at radius 1 is 1.20 bits per heavy atom. The highest BCUT2D eigenvalue weighted by molar-refractivity contribution is 7.89. The molecule has 1 amide bonds. The lowest BCUT2D eigenvalue weighted by Crippen LogP contribution is -2.53. The van der Waals surface area contributed by atoms with Gasteiger partial charge in [-0.1, -0.05) is 13.3 Å². The molecule has 0 aromatic heterocycles. The maximum Gasteiger partial charge on any atom is 0.227 e. The summed E-state index contributed by atoms with van der Waals surface area (Å²) in [4.78, 5) is 14.2. The molecule has 20 heavy (non-hydrogen) atoms. The summed E-state index contributed by atoms with van der Waals surface area (Å²) in [6, 6.07) is -0.0237. The highest BCUT2D eigenvalue weighted by atomic mass is 32.2. The molecular formula is C13H25N3O3S. The van der Waals surface area contributed by atoms with Crippen LogP contribution in [0.15, 0.2) is 0 Å². The highest BCUT2D eigenvalue weighted by Gasteiger charge is 2.35. The second-order valence-corrected chi connectivity index (χ2v) is 7.83. The second kappa shape index (κ2) is 6.41. The van der Waals surface area contributed by atoms with Crippen molar-refractivity contribution in [3.05, 3.63) is 0 Å². The van der Waals surface area contributed by atoms with Gasteiger partial charge in [-0.3, -0.25) is 4.79 Å². The number of piperazine rings is 1. The first-order chi connectivity index (χ1) is 9.45. The molecule has 2 atom stereocenters. The molecule has 116 valence electrons. The van der Waals surface area contributed by atoms with E-state index >= 15 is 0 Å². The largest absolute Gasteiger partial charge is 0.340 e. The van der Waals surface area contributed by atoms with E-state index in [1.807, 2.05) is 6.92 Å². The van der Waals surface area contributed by atoms with Crippen LogP contribution in [-0.4, -0.2) is 61.5 Å². The first-order valence-corrected chi connectivity index (χ1v) is 9.09. The molecule has 0 aromatic rings. The number of nitrogens with zero attached hydrogens (tertiary/aromatic N) is 2. The molecule has 6 nitrogen and oxygen atoms in total. The van der Waals surface area contributed by atoms with Crippen molar-refractivity contribution in [3.8, 4) is 0 Å². The predicted octanol–water partition coefficient (Wildman–Crippen LogP) is -0.00220. The highest BCUT2D eigenvalue weighted by Crippen LogP contribution is 2.26. The second-order valence-electron chi connectivity index (χ2n) is 5.74. The van der Waals surface area contributed by atoms with Gasteiger partial charge >= 0.3 is 0 Å². The van der Waals surface area contributed by atoms with Crippen LogP contribution in [0.3, 0.4) is 0 Å². The summed E-state index contributed by atoms with van der Waals surface area (Å²) >= 11 is 0. The normalized spacial score (nSPS) is 28.8. The Balaban J connectivity index is 1.89. The summed E-state index contributed by atoms with van der Waals surface area (Å²) in [6.07, 6.45) is 3.43. The van der Waals surface area contributed by atoms with Gasteiger partial charge in [-0.05, 0) is 19.3 Å². The Hall–Kier alpha value is -0.660. The fourth-order valence-electron chi connectivity index (χ4n) is 3.10. The van der Waals surface area contributed by atoms with Crippen molar-refractivity contribution >= 4 is 15.9 Å². The molecule has 1 aliphatic carbocycles. The number of sulfonamides is 1. The number of amides is 1. The molecule has 0 spiro atoms. The van der Waals surface area contributed by atoms with Gasteiger partial charge in [0.25, 0.3) is 0 Å². The smallest absolute Gasteiger partial charge is 0.227 e. The van der Waals surface area contributed by atoms with Crippen LogP contribution in [0.4, 0.5) is 0 Å². The van der Waals surface area contributed by atoms with Crippen molar-refractivity contribution in [3.63, 3.8) is 0 Å². The lowest BCUT2D eigenvalue weighted by atomic mass is 10.0. The summed E-state index contributed by atoms with van der Waals surface area (Å²) in [5.74, 6) is 0.241. The van der Waals surface area contributed by atoms with Crippen LogP contribution >= 0.6 is 0 Å². The molecule has 2 unspecified atom stereocenters. The number of carbonyl (C=O) groups excluding carboxylic acids is 1. The van der Waals surface area contributed by atoms with E-state index in [9.17, 15) is 13.2 Å². The quantitative estimate of drug-likeness (QED) is 0.792. The average Bonchev–Trinajstić information content (AvgIpc) is 2.84. The summed E-state index contributed by atoms with van der Waals surface area (Å²) < 4.78 is 25.5.